The Morgan fingerprint density at radius 2 is 0.796 bits per heavy atom. The van der Waals surface area contributed by atoms with Crippen LogP contribution in [0.25, 0.3) is 73.4 Å². The summed E-state index contributed by atoms with van der Waals surface area (Å²) in [6, 6.07) is 64.0. The van der Waals surface area contributed by atoms with Crippen LogP contribution in [-0.2, 0) is 0 Å². The molecule has 0 aliphatic heterocycles. The van der Waals surface area contributed by atoms with Gasteiger partial charge in [-0.15, -0.1) is 22.7 Å². The molecule has 0 atom stereocenters. The number of nitrogens with zero attached hydrogens (tertiary/aromatic N) is 1. The molecule has 2 heterocycles. The van der Waals surface area contributed by atoms with Gasteiger partial charge in [0.1, 0.15) is 0 Å². The molecule has 0 saturated carbocycles. The topological polar surface area (TPSA) is 3.24 Å². The molecule has 0 bridgehead atoms. The van der Waals surface area contributed by atoms with Gasteiger partial charge in [-0.3, -0.25) is 0 Å². The second kappa shape index (κ2) is 11.5. The monoisotopic (exact) mass is 659 g/mol. The van der Waals surface area contributed by atoms with Crippen molar-refractivity contribution in [3.8, 4) is 22.3 Å². The predicted molar refractivity (Wildman–Crippen MR) is 215 cm³/mol. The number of anilines is 3. The van der Waals surface area contributed by atoms with Gasteiger partial charge in [0.2, 0.25) is 0 Å². The van der Waals surface area contributed by atoms with Crippen molar-refractivity contribution in [2.75, 3.05) is 4.90 Å². The number of hydrogen-bond acceptors (Lipinski definition) is 3. The van der Waals surface area contributed by atoms with Crippen LogP contribution < -0.4 is 4.90 Å². The van der Waals surface area contributed by atoms with E-state index in [1.807, 2.05) is 22.7 Å². The highest BCUT2D eigenvalue weighted by Crippen LogP contribution is 2.52. The summed E-state index contributed by atoms with van der Waals surface area (Å²) in [6.07, 6.45) is 0. The minimum atomic E-state index is 1.13. The van der Waals surface area contributed by atoms with Gasteiger partial charge in [0.05, 0.1) is 5.69 Å². The van der Waals surface area contributed by atoms with Gasteiger partial charge in [0.25, 0.3) is 0 Å². The SMILES string of the molecule is c1ccc(-c2ccc(N(c3ccc(-c4ccccc4)cc3)c3cccc4sc5c6ccccc6c6c7ccccc7sc6c5c34)cc2)cc1. The van der Waals surface area contributed by atoms with E-state index in [9.17, 15) is 0 Å². The lowest BCUT2D eigenvalue weighted by Gasteiger charge is -2.27. The second-order valence-electron chi connectivity index (χ2n) is 12.5. The number of rotatable bonds is 5. The Labute approximate surface area is 292 Å². The molecule has 0 amide bonds. The van der Waals surface area contributed by atoms with Gasteiger partial charge in [-0.2, -0.15) is 0 Å². The average Bonchev–Trinajstić information content (AvgIpc) is 3.76. The van der Waals surface area contributed by atoms with Crippen LogP contribution in [0.4, 0.5) is 17.1 Å². The van der Waals surface area contributed by atoms with Crippen LogP contribution in [0, 0.1) is 0 Å². The van der Waals surface area contributed by atoms with E-state index in [0.29, 0.717) is 0 Å². The highest BCUT2D eigenvalue weighted by molar-refractivity contribution is 7.30. The molecule has 8 aromatic carbocycles. The number of benzene rings is 8. The molecular weight excluding hydrogens is 631 g/mol. The van der Waals surface area contributed by atoms with Crippen molar-refractivity contribution < 1.29 is 0 Å². The molecular formula is C46H29NS2. The third-order valence-electron chi connectivity index (χ3n) is 9.66. The molecule has 1 nitrogen and oxygen atoms in total. The van der Waals surface area contributed by atoms with E-state index in [2.05, 4.69) is 181 Å². The molecule has 230 valence electrons. The summed E-state index contributed by atoms with van der Waals surface area (Å²) >= 11 is 3.84. The zero-order valence-corrected chi connectivity index (χ0v) is 28.1. The zero-order valence-electron chi connectivity index (χ0n) is 26.5. The summed E-state index contributed by atoms with van der Waals surface area (Å²) < 4.78 is 5.36. The van der Waals surface area contributed by atoms with Gasteiger partial charge in [-0.1, -0.05) is 133 Å². The number of hydrogen-bond donors (Lipinski definition) is 0. The summed E-state index contributed by atoms with van der Waals surface area (Å²) in [4.78, 5) is 2.45. The van der Waals surface area contributed by atoms with Crippen LogP contribution in [0.15, 0.2) is 176 Å². The molecule has 10 aromatic rings. The molecule has 0 aliphatic rings. The van der Waals surface area contributed by atoms with Gasteiger partial charge in [-0.05, 0) is 70.1 Å². The number of thiophene rings is 2. The van der Waals surface area contributed by atoms with E-state index in [1.165, 1.54) is 79.1 Å². The van der Waals surface area contributed by atoms with Crippen molar-refractivity contribution in [3.63, 3.8) is 0 Å². The molecule has 10 rings (SSSR count). The Morgan fingerprint density at radius 3 is 1.43 bits per heavy atom. The van der Waals surface area contributed by atoms with Crippen molar-refractivity contribution in [2.24, 2.45) is 0 Å². The van der Waals surface area contributed by atoms with Crippen LogP contribution in [0.5, 0.6) is 0 Å². The standard InChI is InChI=1S/C46H29NS2/c1-3-12-30(13-4-1)32-22-26-34(27-23-32)47(35-28-24-33(25-29-35)31-14-5-2-6-15-31)39-19-11-21-41-43(39)44-45(49-41)37-17-8-7-16-36(37)42-38-18-9-10-20-40(38)48-46(42)44/h1-29H. The summed E-state index contributed by atoms with van der Waals surface area (Å²) in [5.41, 5.74) is 8.32. The third-order valence-corrected chi connectivity index (χ3v) is 12.0. The molecule has 0 N–H and O–H groups in total. The van der Waals surface area contributed by atoms with Crippen LogP contribution in [-0.4, -0.2) is 0 Å². The summed E-state index contributed by atoms with van der Waals surface area (Å²) in [7, 11) is 0. The van der Waals surface area contributed by atoms with E-state index >= 15 is 0 Å². The lowest BCUT2D eigenvalue weighted by atomic mass is 9.99. The highest BCUT2D eigenvalue weighted by atomic mass is 32.1. The van der Waals surface area contributed by atoms with Crippen LogP contribution in [0.3, 0.4) is 0 Å². The normalized spacial score (nSPS) is 11.7. The van der Waals surface area contributed by atoms with E-state index in [0.717, 1.165) is 11.4 Å². The third kappa shape index (κ3) is 4.58. The molecule has 0 radical (unpaired) electrons. The maximum absolute atomic E-state index is 2.45. The minimum absolute atomic E-state index is 1.13. The lowest BCUT2D eigenvalue weighted by Crippen LogP contribution is -2.10. The first-order valence-electron chi connectivity index (χ1n) is 16.6. The van der Waals surface area contributed by atoms with Crippen LogP contribution in [0.1, 0.15) is 0 Å². The summed E-state index contributed by atoms with van der Waals surface area (Å²) in [5, 5.41) is 8.03. The van der Waals surface area contributed by atoms with Crippen molar-refractivity contribution in [1.29, 1.82) is 0 Å². The lowest BCUT2D eigenvalue weighted by molar-refractivity contribution is 1.30. The Balaban J connectivity index is 1.26. The van der Waals surface area contributed by atoms with Crippen molar-refractivity contribution in [3.05, 3.63) is 176 Å². The molecule has 0 fully saturated rings. The number of fused-ring (bicyclic) bond motifs is 10. The highest BCUT2D eigenvalue weighted by Gasteiger charge is 2.23. The van der Waals surface area contributed by atoms with E-state index < -0.39 is 0 Å². The fourth-order valence-corrected chi connectivity index (χ4v) is 10.0. The predicted octanol–water partition coefficient (Wildman–Crippen LogP) is 14.4. The molecule has 3 heteroatoms. The average molecular weight is 660 g/mol. The summed E-state index contributed by atoms with van der Waals surface area (Å²) in [6.45, 7) is 0. The van der Waals surface area contributed by atoms with Gasteiger partial charge in [0, 0.05) is 57.1 Å². The first-order valence-corrected chi connectivity index (χ1v) is 18.2. The smallest absolute Gasteiger partial charge is 0.0555 e. The first-order chi connectivity index (χ1) is 24.3. The minimum Gasteiger partial charge on any atom is -0.310 e. The van der Waals surface area contributed by atoms with Gasteiger partial charge in [-0.25, -0.2) is 0 Å². The van der Waals surface area contributed by atoms with Gasteiger partial charge >= 0.3 is 0 Å². The van der Waals surface area contributed by atoms with Crippen molar-refractivity contribution in [2.45, 2.75) is 0 Å². The molecule has 0 unspecified atom stereocenters. The summed E-state index contributed by atoms with van der Waals surface area (Å²) in [5.74, 6) is 0. The van der Waals surface area contributed by atoms with E-state index in [1.54, 1.807) is 0 Å². The van der Waals surface area contributed by atoms with E-state index in [-0.39, 0.29) is 0 Å². The maximum Gasteiger partial charge on any atom is 0.0555 e. The largest absolute Gasteiger partial charge is 0.310 e. The molecule has 0 saturated heterocycles. The van der Waals surface area contributed by atoms with Crippen molar-refractivity contribution in [1.82, 2.24) is 0 Å². The molecule has 0 spiro atoms. The Hall–Kier alpha value is -5.74. The quantitative estimate of drug-likeness (QED) is 0.178. The van der Waals surface area contributed by atoms with Crippen LogP contribution >= 0.6 is 22.7 Å². The Bertz CT molecular complexity index is 2710. The second-order valence-corrected chi connectivity index (χ2v) is 14.6. The van der Waals surface area contributed by atoms with Gasteiger partial charge in [0.15, 0.2) is 0 Å². The Morgan fingerprint density at radius 1 is 0.306 bits per heavy atom. The molecule has 0 aliphatic carbocycles. The molecule has 2 aromatic heterocycles. The fourth-order valence-electron chi connectivity index (χ4n) is 7.41. The van der Waals surface area contributed by atoms with Crippen LogP contribution in [0.2, 0.25) is 0 Å². The molecule has 49 heavy (non-hydrogen) atoms. The first kappa shape index (κ1) is 28.3. The fraction of sp³-hybridized carbons (Fsp3) is 0. The van der Waals surface area contributed by atoms with Gasteiger partial charge < -0.3 is 4.90 Å². The maximum atomic E-state index is 2.45. The van der Waals surface area contributed by atoms with Crippen molar-refractivity contribution >= 4 is 90.9 Å². The zero-order chi connectivity index (χ0) is 32.3. The Kier molecular flexibility index (Phi) is 6.61. The van der Waals surface area contributed by atoms with E-state index in [4.69, 9.17) is 0 Å².